The van der Waals surface area contributed by atoms with Crippen LogP contribution in [-0.2, 0) is 6.54 Å². The van der Waals surface area contributed by atoms with Gasteiger partial charge in [0.25, 0.3) is 5.91 Å². The van der Waals surface area contributed by atoms with E-state index in [2.05, 4.69) is 41.4 Å². The third-order valence-electron chi connectivity index (χ3n) is 3.95. The Labute approximate surface area is 149 Å². The molecular formula is C18H19N3OS2. The summed E-state index contributed by atoms with van der Waals surface area (Å²) < 4.78 is 2.20. The number of nitrogens with one attached hydrogen (secondary N) is 1. The van der Waals surface area contributed by atoms with Crippen LogP contribution in [-0.4, -0.2) is 15.5 Å². The molecule has 0 saturated heterocycles. The van der Waals surface area contributed by atoms with Gasteiger partial charge in [-0.2, -0.15) is 0 Å². The molecule has 0 saturated carbocycles. The molecule has 0 spiro atoms. The summed E-state index contributed by atoms with van der Waals surface area (Å²) in [5, 5.41) is 7.42. The molecule has 0 radical (unpaired) electrons. The molecule has 3 aromatic heterocycles. The van der Waals surface area contributed by atoms with Crippen LogP contribution in [0.15, 0.2) is 35.5 Å². The highest BCUT2D eigenvalue weighted by molar-refractivity contribution is 7.14. The number of thiazole rings is 1. The Bertz CT molecular complexity index is 901. The molecule has 0 bridgehead atoms. The van der Waals surface area contributed by atoms with Gasteiger partial charge < -0.3 is 4.57 Å². The maximum Gasteiger partial charge on any atom is 0.267 e. The lowest BCUT2D eigenvalue weighted by atomic mass is 10.2. The van der Waals surface area contributed by atoms with Gasteiger partial charge in [-0.05, 0) is 43.8 Å². The van der Waals surface area contributed by atoms with Crippen molar-refractivity contribution in [3.63, 3.8) is 0 Å². The van der Waals surface area contributed by atoms with Crippen LogP contribution in [0.2, 0.25) is 0 Å². The maximum atomic E-state index is 12.3. The lowest BCUT2D eigenvalue weighted by Crippen LogP contribution is -2.11. The number of allylic oxidation sites excluding steroid dienone is 1. The van der Waals surface area contributed by atoms with E-state index in [0.717, 1.165) is 33.9 Å². The molecular weight excluding hydrogens is 338 g/mol. The highest BCUT2D eigenvalue weighted by atomic mass is 32.1. The van der Waals surface area contributed by atoms with Gasteiger partial charge in [0.15, 0.2) is 5.13 Å². The number of thiophene rings is 1. The number of hydrogen-bond acceptors (Lipinski definition) is 4. The van der Waals surface area contributed by atoms with E-state index in [1.165, 1.54) is 28.4 Å². The summed E-state index contributed by atoms with van der Waals surface area (Å²) >= 11 is 2.89. The Morgan fingerprint density at radius 2 is 2.17 bits per heavy atom. The van der Waals surface area contributed by atoms with Gasteiger partial charge in [0, 0.05) is 28.9 Å². The van der Waals surface area contributed by atoms with Crippen molar-refractivity contribution in [2.75, 3.05) is 5.32 Å². The normalized spacial score (nSPS) is 10.8. The second-order valence-corrected chi connectivity index (χ2v) is 7.38. The first-order chi connectivity index (χ1) is 11.5. The molecule has 0 aliphatic carbocycles. The van der Waals surface area contributed by atoms with Crippen molar-refractivity contribution in [1.29, 1.82) is 0 Å². The van der Waals surface area contributed by atoms with Gasteiger partial charge in [0.1, 0.15) is 0 Å². The lowest BCUT2D eigenvalue weighted by Gasteiger charge is -2.05. The third-order valence-corrected chi connectivity index (χ3v) is 5.73. The van der Waals surface area contributed by atoms with Crippen molar-refractivity contribution in [3.05, 3.63) is 57.4 Å². The Hall–Kier alpha value is -2.18. The second-order valence-electron chi connectivity index (χ2n) is 5.61. The monoisotopic (exact) mass is 357 g/mol. The van der Waals surface area contributed by atoms with Crippen molar-refractivity contribution < 1.29 is 4.79 Å². The van der Waals surface area contributed by atoms with Crippen LogP contribution in [0.4, 0.5) is 5.13 Å². The minimum absolute atomic E-state index is 0.0967. The minimum Gasteiger partial charge on any atom is -0.345 e. The summed E-state index contributed by atoms with van der Waals surface area (Å²) in [5.74, 6) is -0.0967. The molecule has 124 valence electrons. The zero-order valence-corrected chi connectivity index (χ0v) is 15.6. The number of rotatable bonds is 5. The molecule has 0 aromatic carbocycles. The van der Waals surface area contributed by atoms with E-state index in [-0.39, 0.29) is 5.91 Å². The highest BCUT2D eigenvalue weighted by Gasteiger charge is 2.16. The number of amides is 1. The van der Waals surface area contributed by atoms with Crippen LogP contribution in [0.5, 0.6) is 0 Å². The van der Waals surface area contributed by atoms with Crippen LogP contribution in [0.25, 0.3) is 11.3 Å². The third kappa shape index (κ3) is 3.07. The van der Waals surface area contributed by atoms with E-state index in [1.807, 2.05) is 29.8 Å². The van der Waals surface area contributed by atoms with Crippen LogP contribution in [0, 0.1) is 20.8 Å². The van der Waals surface area contributed by atoms with Crippen LogP contribution >= 0.6 is 22.7 Å². The maximum absolute atomic E-state index is 12.3. The molecule has 1 amide bonds. The summed E-state index contributed by atoms with van der Waals surface area (Å²) in [4.78, 5) is 17.6. The van der Waals surface area contributed by atoms with Crippen molar-refractivity contribution in [3.8, 4) is 11.3 Å². The highest BCUT2D eigenvalue weighted by Crippen LogP contribution is 2.30. The summed E-state index contributed by atoms with van der Waals surface area (Å²) in [6.45, 7) is 10.7. The smallest absolute Gasteiger partial charge is 0.267 e. The molecule has 0 aliphatic rings. The fourth-order valence-corrected chi connectivity index (χ4v) is 4.21. The van der Waals surface area contributed by atoms with E-state index in [0.29, 0.717) is 5.13 Å². The first kappa shape index (κ1) is 16.7. The van der Waals surface area contributed by atoms with Gasteiger partial charge in [0.05, 0.1) is 10.6 Å². The van der Waals surface area contributed by atoms with Crippen LogP contribution < -0.4 is 5.32 Å². The molecule has 3 heterocycles. The van der Waals surface area contributed by atoms with Crippen LogP contribution in [0.1, 0.15) is 26.6 Å². The first-order valence-electron chi connectivity index (χ1n) is 7.60. The van der Waals surface area contributed by atoms with Gasteiger partial charge in [-0.15, -0.1) is 29.3 Å². The molecule has 6 heteroatoms. The number of anilines is 1. The van der Waals surface area contributed by atoms with E-state index in [4.69, 9.17) is 0 Å². The van der Waals surface area contributed by atoms with E-state index >= 15 is 0 Å². The predicted molar refractivity (Wildman–Crippen MR) is 102 cm³/mol. The molecule has 24 heavy (non-hydrogen) atoms. The fourth-order valence-electron chi connectivity index (χ4n) is 2.68. The summed E-state index contributed by atoms with van der Waals surface area (Å²) in [6.07, 6.45) is 1.89. The van der Waals surface area contributed by atoms with Gasteiger partial charge in [-0.25, -0.2) is 4.98 Å². The Balaban J connectivity index is 1.84. The quantitative estimate of drug-likeness (QED) is 0.651. The number of aryl methyl sites for hydroxylation is 2. The fraction of sp³-hybridized carbons (Fsp3) is 0.222. The van der Waals surface area contributed by atoms with Crippen molar-refractivity contribution in [1.82, 2.24) is 9.55 Å². The molecule has 0 atom stereocenters. The molecule has 3 rings (SSSR count). The average molecular weight is 358 g/mol. The molecule has 0 aliphatic heterocycles. The van der Waals surface area contributed by atoms with Crippen molar-refractivity contribution in [2.24, 2.45) is 0 Å². The van der Waals surface area contributed by atoms with Gasteiger partial charge in [-0.3, -0.25) is 10.1 Å². The molecule has 4 nitrogen and oxygen atoms in total. The van der Waals surface area contributed by atoms with Gasteiger partial charge in [0.2, 0.25) is 0 Å². The number of hydrogen-bond donors (Lipinski definition) is 1. The van der Waals surface area contributed by atoms with Crippen molar-refractivity contribution in [2.45, 2.75) is 27.3 Å². The number of carbonyl (C=O) groups is 1. The summed E-state index contributed by atoms with van der Waals surface area (Å²) in [5.41, 5.74) is 5.31. The zero-order chi connectivity index (χ0) is 17.3. The molecule has 3 aromatic rings. The van der Waals surface area contributed by atoms with E-state index < -0.39 is 0 Å². The zero-order valence-electron chi connectivity index (χ0n) is 13.9. The first-order valence-corrected chi connectivity index (χ1v) is 9.36. The lowest BCUT2D eigenvalue weighted by molar-refractivity contribution is 0.103. The van der Waals surface area contributed by atoms with Gasteiger partial charge in [-0.1, -0.05) is 6.08 Å². The van der Waals surface area contributed by atoms with Crippen molar-refractivity contribution >= 4 is 33.7 Å². The minimum atomic E-state index is -0.0967. The average Bonchev–Trinajstić information content (AvgIpc) is 3.23. The second kappa shape index (κ2) is 6.75. The Morgan fingerprint density at radius 3 is 2.83 bits per heavy atom. The standard InChI is InChI=1S/C18H19N3OS2/c1-5-7-21-12(3)9-14(13(21)4)15-10-24-18(19-15)20-17(22)16-11(2)6-8-23-16/h5-6,8-10H,1,7H2,2-4H3,(H,19,20,22). The SMILES string of the molecule is C=CCn1c(C)cc(-c2csc(NC(=O)c3sccc3C)n2)c1C. The van der Waals surface area contributed by atoms with Gasteiger partial charge >= 0.3 is 0 Å². The predicted octanol–water partition coefficient (Wildman–Crippen LogP) is 5.04. The molecule has 0 unspecified atom stereocenters. The summed E-state index contributed by atoms with van der Waals surface area (Å²) in [6, 6.07) is 4.07. The number of nitrogens with zero attached hydrogens (tertiary/aromatic N) is 2. The summed E-state index contributed by atoms with van der Waals surface area (Å²) in [7, 11) is 0. The largest absolute Gasteiger partial charge is 0.345 e. The molecule has 1 N–H and O–H groups in total. The van der Waals surface area contributed by atoms with E-state index in [1.54, 1.807) is 0 Å². The number of carbonyl (C=O) groups excluding carboxylic acids is 1. The van der Waals surface area contributed by atoms with Crippen LogP contribution in [0.3, 0.4) is 0 Å². The Kier molecular flexibility index (Phi) is 4.69. The Morgan fingerprint density at radius 1 is 1.38 bits per heavy atom. The molecule has 0 fully saturated rings. The number of aromatic nitrogens is 2. The topological polar surface area (TPSA) is 46.9 Å². The van der Waals surface area contributed by atoms with E-state index in [9.17, 15) is 4.79 Å².